The van der Waals surface area contributed by atoms with Crippen LogP contribution in [0.4, 0.5) is 0 Å². The first kappa shape index (κ1) is 33.9. The van der Waals surface area contributed by atoms with E-state index in [1.165, 1.54) is 18.2 Å². The van der Waals surface area contributed by atoms with Crippen LogP contribution in [-0.4, -0.2) is 52.2 Å². The number of nitrogens with one attached hydrogen (secondary N) is 1. The van der Waals surface area contributed by atoms with Crippen LogP contribution in [0.2, 0.25) is 0 Å². The number of aromatic nitrogens is 3. The summed E-state index contributed by atoms with van der Waals surface area (Å²) in [6, 6.07) is 30.3. The number of phenolic OH excluding ortho intramolecular Hbond substituents is 1. The van der Waals surface area contributed by atoms with Crippen LogP contribution >= 0.6 is 0 Å². The standard InChI is InChI=1S/C40H38N4O6/c45-36-10-3-1-8-34(36)37(46)21-14-29-12-17-32(18-13-29)48-25-6-5-7-31-28-44(43-42-31)24-22-41-23-26-49-33-19-15-30(16-20-33)40-27-38(47)35-9-2-4-11-39(35)50-40/h1-4,8-21,27-28,41,45H,5-7,22-26H2/b21-14+. The van der Waals surface area contributed by atoms with Crippen molar-refractivity contribution in [2.75, 3.05) is 26.3 Å². The number of aryl methyl sites for hydroxylation is 1. The number of benzene rings is 4. The Kier molecular flexibility index (Phi) is 11.5. The zero-order valence-corrected chi connectivity index (χ0v) is 27.5. The van der Waals surface area contributed by atoms with Crippen LogP contribution in [0.5, 0.6) is 17.2 Å². The number of aromatic hydroxyl groups is 1. The van der Waals surface area contributed by atoms with E-state index >= 15 is 0 Å². The molecule has 0 bridgehead atoms. The minimum atomic E-state index is -0.251. The molecule has 0 atom stereocenters. The fourth-order valence-electron chi connectivity index (χ4n) is 5.30. The molecule has 0 aliphatic carbocycles. The highest BCUT2D eigenvalue weighted by Crippen LogP contribution is 2.24. The second-order valence-electron chi connectivity index (χ2n) is 11.7. The zero-order chi connectivity index (χ0) is 34.5. The van der Waals surface area contributed by atoms with Crippen molar-refractivity contribution in [1.82, 2.24) is 20.3 Å². The minimum Gasteiger partial charge on any atom is -0.507 e. The molecule has 0 spiro atoms. The Morgan fingerprint density at radius 1 is 0.860 bits per heavy atom. The number of fused-ring (bicyclic) bond motifs is 1. The summed E-state index contributed by atoms with van der Waals surface area (Å²) in [7, 11) is 0. The third-order valence-corrected chi connectivity index (χ3v) is 8.00. The lowest BCUT2D eigenvalue weighted by Gasteiger charge is -2.08. The molecule has 2 aromatic heterocycles. The molecule has 0 radical (unpaired) electrons. The van der Waals surface area contributed by atoms with Crippen molar-refractivity contribution in [3.05, 3.63) is 142 Å². The first-order chi connectivity index (χ1) is 24.5. The van der Waals surface area contributed by atoms with Gasteiger partial charge in [-0.25, -0.2) is 0 Å². The quantitative estimate of drug-likeness (QED) is 0.0617. The lowest BCUT2D eigenvalue weighted by Crippen LogP contribution is -2.25. The molecule has 0 fully saturated rings. The number of para-hydroxylation sites is 2. The second kappa shape index (κ2) is 16.9. The molecule has 6 rings (SSSR count). The molecule has 2 N–H and O–H groups in total. The Bertz CT molecular complexity index is 2100. The number of unbranched alkanes of at least 4 members (excludes halogenated alkanes) is 1. The number of allylic oxidation sites excluding steroid dienone is 1. The van der Waals surface area contributed by atoms with Gasteiger partial charge in [0.15, 0.2) is 11.2 Å². The van der Waals surface area contributed by atoms with E-state index in [1.807, 2.05) is 71.5 Å². The van der Waals surface area contributed by atoms with E-state index in [1.54, 1.807) is 36.4 Å². The molecule has 0 aliphatic rings. The smallest absolute Gasteiger partial charge is 0.193 e. The van der Waals surface area contributed by atoms with Crippen LogP contribution < -0.4 is 20.2 Å². The summed E-state index contributed by atoms with van der Waals surface area (Å²) >= 11 is 0. The maximum Gasteiger partial charge on any atom is 0.193 e. The first-order valence-corrected chi connectivity index (χ1v) is 16.6. The lowest BCUT2D eigenvalue weighted by atomic mass is 10.1. The van der Waals surface area contributed by atoms with E-state index in [0.29, 0.717) is 43.0 Å². The maximum atomic E-state index is 12.4. The molecular weight excluding hydrogens is 632 g/mol. The molecule has 2 heterocycles. The fourth-order valence-corrected chi connectivity index (χ4v) is 5.30. The summed E-state index contributed by atoms with van der Waals surface area (Å²) in [5, 5.41) is 22.3. The molecule has 0 unspecified atom stereocenters. The topological polar surface area (TPSA) is 129 Å². The molecule has 10 heteroatoms. The van der Waals surface area contributed by atoms with Crippen molar-refractivity contribution >= 4 is 22.8 Å². The van der Waals surface area contributed by atoms with Crippen molar-refractivity contribution in [2.24, 2.45) is 0 Å². The molecule has 4 aromatic carbocycles. The van der Waals surface area contributed by atoms with Gasteiger partial charge in [0.25, 0.3) is 0 Å². The summed E-state index contributed by atoms with van der Waals surface area (Å²) in [4.78, 5) is 24.7. The number of carbonyl (C=O) groups is 1. The van der Waals surface area contributed by atoms with E-state index in [9.17, 15) is 14.7 Å². The number of hydrogen-bond acceptors (Lipinski definition) is 9. The Hall–Kier alpha value is -6.00. The van der Waals surface area contributed by atoms with E-state index in [4.69, 9.17) is 13.9 Å². The molecule has 0 amide bonds. The van der Waals surface area contributed by atoms with Gasteiger partial charge in [0.2, 0.25) is 0 Å². The lowest BCUT2D eigenvalue weighted by molar-refractivity contribution is 0.104. The van der Waals surface area contributed by atoms with Crippen LogP contribution in [-0.2, 0) is 13.0 Å². The van der Waals surface area contributed by atoms with Crippen LogP contribution in [0, 0.1) is 0 Å². The third-order valence-electron chi connectivity index (χ3n) is 8.00. The van der Waals surface area contributed by atoms with Gasteiger partial charge >= 0.3 is 0 Å². The molecule has 50 heavy (non-hydrogen) atoms. The average molecular weight is 671 g/mol. The predicted octanol–water partition coefficient (Wildman–Crippen LogP) is 6.72. The summed E-state index contributed by atoms with van der Waals surface area (Å²) in [5.41, 5.74) is 3.42. The Labute approximate surface area is 289 Å². The Balaban J connectivity index is 0.825. The summed E-state index contributed by atoms with van der Waals surface area (Å²) in [6.07, 6.45) is 7.79. The van der Waals surface area contributed by atoms with Gasteiger partial charge in [-0.3, -0.25) is 14.3 Å². The summed E-state index contributed by atoms with van der Waals surface area (Å²) in [6.45, 7) is 3.23. The number of phenols is 1. The molecule has 10 nitrogen and oxygen atoms in total. The molecule has 6 aromatic rings. The minimum absolute atomic E-state index is 0.0280. The van der Waals surface area contributed by atoms with E-state index < -0.39 is 0 Å². The highest BCUT2D eigenvalue weighted by molar-refractivity contribution is 6.08. The Morgan fingerprint density at radius 2 is 1.60 bits per heavy atom. The number of hydrogen-bond donors (Lipinski definition) is 2. The highest BCUT2D eigenvalue weighted by Gasteiger charge is 2.08. The largest absolute Gasteiger partial charge is 0.507 e. The number of ether oxygens (including phenoxy) is 2. The molecule has 0 saturated carbocycles. The molecular formula is C40H38N4O6. The fraction of sp³-hybridized carbons (Fsp3) is 0.200. The van der Waals surface area contributed by atoms with Crippen molar-refractivity contribution in [1.29, 1.82) is 0 Å². The third kappa shape index (κ3) is 9.33. The van der Waals surface area contributed by atoms with Gasteiger partial charge in [0.05, 0.1) is 29.8 Å². The number of nitrogens with zero attached hydrogens (tertiary/aromatic N) is 3. The monoisotopic (exact) mass is 670 g/mol. The second-order valence-corrected chi connectivity index (χ2v) is 11.7. The SMILES string of the molecule is O=C(/C=C/c1ccc(OCCCCc2cn(CCNCCOc3ccc(-c4cc(=O)c5ccccc5o4)cc3)nn2)cc1)c1ccccc1O. The molecule has 0 saturated heterocycles. The van der Waals surface area contributed by atoms with Crippen molar-refractivity contribution in [3.63, 3.8) is 0 Å². The zero-order valence-electron chi connectivity index (χ0n) is 27.5. The van der Waals surface area contributed by atoms with E-state index in [0.717, 1.165) is 54.1 Å². The van der Waals surface area contributed by atoms with Crippen molar-refractivity contribution < 1.29 is 23.8 Å². The van der Waals surface area contributed by atoms with Crippen LogP contribution in [0.15, 0.2) is 125 Å². The van der Waals surface area contributed by atoms with Crippen LogP contribution in [0.3, 0.4) is 0 Å². The summed E-state index contributed by atoms with van der Waals surface area (Å²) in [5.74, 6) is 1.76. The van der Waals surface area contributed by atoms with Crippen LogP contribution in [0.1, 0.15) is 34.5 Å². The Morgan fingerprint density at radius 3 is 2.42 bits per heavy atom. The molecule has 254 valence electrons. The maximum absolute atomic E-state index is 12.4. The van der Waals surface area contributed by atoms with Crippen molar-refractivity contribution in [2.45, 2.75) is 25.8 Å². The van der Waals surface area contributed by atoms with Gasteiger partial charge in [0.1, 0.15) is 35.2 Å². The predicted molar refractivity (Wildman–Crippen MR) is 193 cm³/mol. The normalized spacial score (nSPS) is 11.3. The van der Waals surface area contributed by atoms with Gasteiger partial charge in [-0.2, -0.15) is 0 Å². The first-order valence-electron chi connectivity index (χ1n) is 16.6. The number of carbonyl (C=O) groups excluding carboxylic acids is 1. The van der Waals surface area contributed by atoms with Crippen LogP contribution in [0.25, 0.3) is 28.4 Å². The average Bonchev–Trinajstić information content (AvgIpc) is 3.60. The van der Waals surface area contributed by atoms with E-state index in [-0.39, 0.29) is 22.5 Å². The van der Waals surface area contributed by atoms with Gasteiger partial charge in [-0.15, -0.1) is 5.10 Å². The summed E-state index contributed by atoms with van der Waals surface area (Å²) < 4.78 is 19.5. The molecule has 0 aliphatic heterocycles. The van der Waals surface area contributed by atoms with Gasteiger partial charge in [-0.1, -0.05) is 47.7 Å². The number of ketones is 1. The van der Waals surface area contributed by atoms with Gasteiger partial charge < -0.3 is 24.3 Å². The van der Waals surface area contributed by atoms with E-state index in [2.05, 4.69) is 15.6 Å². The van der Waals surface area contributed by atoms with Gasteiger partial charge in [0, 0.05) is 30.9 Å². The highest BCUT2D eigenvalue weighted by atomic mass is 16.5. The number of rotatable bonds is 17. The van der Waals surface area contributed by atoms with Crippen molar-refractivity contribution in [3.8, 4) is 28.6 Å². The van der Waals surface area contributed by atoms with Gasteiger partial charge in [-0.05, 0) is 91.6 Å².